The lowest BCUT2D eigenvalue weighted by Gasteiger charge is -2.20. The van der Waals surface area contributed by atoms with Crippen LogP contribution in [-0.2, 0) is 0 Å². The van der Waals surface area contributed by atoms with Gasteiger partial charge < -0.3 is 11.1 Å². The maximum Gasteiger partial charge on any atom is -0.000880 e. The Hall–Kier alpha value is -0.0800. The zero-order chi connectivity index (χ0) is 8.10. The van der Waals surface area contributed by atoms with Crippen molar-refractivity contribution in [3.8, 4) is 0 Å². The maximum absolute atomic E-state index is 5.70. The van der Waals surface area contributed by atoms with Crippen molar-refractivity contribution in [1.82, 2.24) is 5.32 Å². The van der Waals surface area contributed by atoms with Crippen LogP contribution >= 0.6 is 0 Å². The van der Waals surface area contributed by atoms with Crippen LogP contribution in [0.3, 0.4) is 0 Å². The van der Waals surface area contributed by atoms with Gasteiger partial charge in [-0.15, -0.1) is 0 Å². The summed E-state index contributed by atoms with van der Waals surface area (Å²) in [6, 6.07) is 0. The molecule has 0 aromatic rings. The third-order valence-electron chi connectivity index (χ3n) is 2.84. The van der Waals surface area contributed by atoms with Crippen molar-refractivity contribution < 1.29 is 0 Å². The average Bonchev–Trinajstić information content (AvgIpc) is 2.52. The van der Waals surface area contributed by atoms with Gasteiger partial charge in [0.25, 0.3) is 0 Å². The van der Waals surface area contributed by atoms with E-state index in [1.54, 1.807) is 0 Å². The molecule has 0 heterocycles. The molecule has 3 N–H and O–H groups in total. The Balaban J connectivity index is 2.27. The molecule has 1 aliphatic carbocycles. The molecular formula is C9H20N2. The van der Waals surface area contributed by atoms with Crippen LogP contribution in [0.15, 0.2) is 0 Å². The molecule has 0 aromatic carbocycles. The van der Waals surface area contributed by atoms with Crippen molar-refractivity contribution in [3.05, 3.63) is 0 Å². The molecule has 2 nitrogen and oxygen atoms in total. The van der Waals surface area contributed by atoms with Crippen molar-refractivity contribution in [2.75, 3.05) is 20.1 Å². The molecular weight excluding hydrogens is 136 g/mol. The highest BCUT2D eigenvalue weighted by atomic mass is 14.8. The Bertz CT molecular complexity index is 97.7. The summed E-state index contributed by atoms with van der Waals surface area (Å²) >= 11 is 0. The molecule has 11 heavy (non-hydrogen) atoms. The van der Waals surface area contributed by atoms with Crippen molar-refractivity contribution in [2.24, 2.45) is 17.6 Å². The Kier molecular flexibility index (Phi) is 3.87. The number of nitrogens with one attached hydrogen (secondary N) is 1. The normalized spacial score (nSPS) is 22.4. The molecule has 0 bridgehead atoms. The minimum absolute atomic E-state index is 0.725. The molecule has 1 unspecified atom stereocenters. The highest BCUT2D eigenvalue weighted by Gasteiger charge is 2.22. The fourth-order valence-electron chi connectivity index (χ4n) is 2.13. The highest BCUT2D eigenvalue weighted by Crippen LogP contribution is 2.30. The number of hydrogen-bond acceptors (Lipinski definition) is 2. The molecule has 1 aliphatic rings. The Morgan fingerprint density at radius 2 is 2.09 bits per heavy atom. The van der Waals surface area contributed by atoms with E-state index >= 15 is 0 Å². The molecule has 0 radical (unpaired) electrons. The minimum Gasteiger partial charge on any atom is -0.330 e. The van der Waals surface area contributed by atoms with Crippen LogP contribution in [-0.4, -0.2) is 20.1 Å². The lowest BCUT2D eigenvalue weighted by atomic mass is 9.91. The number of nitrogens with two attached hydrogens (primary N) is 1. The average molecular weight is 156 g/mol. The van der Waals surface area contributed by atoms with Crippen molar-refractivity contribution >= 4 is 0 Å². The van der Waals surface area contributed by atoms with E-state index in [2.05, 4.69) is 5.32 Å². The quantitative estimate of drug-likeness (QED) is 0.636. The van der Waals surface area contributed by atoms with Gasteiger partial charge in [0.2, 0.25) is 0 Å². The minimum atomic E-state index is 0.725. The third kappa shape index (κ3) is 2.46. The first-order chi connectivity index (χ1) is 5.38. The Morgan fingerprint density at radius 3 is 2.55 bits per heavy atom. The summed E-state index contributed by atoms with van der Waals surface area (Å²) in [4.78, 5) is 0. The molecule has 0 aliphatic heterocycles. The summed E-state index contributed by atoms with van der Waals surface area (Å²) in [5, 5.41) is 3.22. The zero-order valence-corrected chi connectivity index (χ0v) is 7.47. The second-order valence-corrected chi connectivity index (χ2v) is 3.60. The number of rotatable bonds is 4. The molecule has 1 atom stereocenters. The fourth-order valence-corrected chi connectivity index (χ4v) is 2.13. The van der Waals surface area contributed by atoms with E-state index in [0.717, 1.165) is 24.9 Å². The van der Waals surface area contributed by atoms with Crippen LogP contribution in [0.2, 0.25) is 0 Å². The predicted octanol–water partition coefficient (Wildman–Crippen LogP) is 0.971. The van der Waals surface area contributed by atoms with Gasteiger partial charge in [-0.1, -0.05) is 25.7 Å². The van der Waals surface area contributed by atoms with Crippen LogP contribution in [0.25, 0.3) is 0 Å². The summed E-state index contributed by atoms with van der Waals surface area (Å²) in [5.41, 5.74) is 5.70. The first kappa shape index (κ1) is 9.01. The van der Waals surface area contributed by atoms with E-state index in [4.69, 9.17) is 5.73 Å². The second kappa shape index (κ2) is 4.73. The lowest BCUT2D eigenvalue weighted by Crippen LogP contribution is -2.30. The van der Waals surface area contributed by atoms with Crippen molar-refractivity contribution in [1.29, 1.82) is 0 Å². The van der Waals surface area contributed by atoms with Crippen LogP contribution in [0.4, 0.5) is 0 Å². The van der Waals surface area contributed by atoms with E-state index in [1.807, 2.05) is 7.05 Å². The molecule has 0 saturated heterocycles. The van der Waals surface area contributed by atoms with Gasteiger partial charge in [-0.2, -0.15) is 0 Å². The molecule has 0 aromatic heterocycles. The van der Waals surface area contributed by atoms with Gasteiger partial charge in [0.15, 0.2) is 0 Å². The molecule has 1 rings (SSSR count). The first-order valence-electron chi connectivity index (χ1n) is 4.73. The van der Waals surface area contributed by atoms with Gasteiger partial charge in [-0.05, 0) is 32.0 Å². The molecule has 1 fully saturated rings. The van der Waals surface area contributed by atoms with Gasteiger partial charge in [-0.3, -0.25) is 0 Å². The van der Waals surface area contributed by atoms with E-state index < -0.39 is 0 Å². The summed E-state index contributed by atoms with van der Waals surface area (Å²) in [5.74, 6) is 1.63. The van der Waals surface area contributed by atoms with Gasteiger partial charge in [0.1, 0.15) is 0 Å². The predicted molar refractivity (Wildman–Crippen MR) is 48.4 cm³/mol. The standard InChI is InChI=1S/C9H20N2/c1-11-7-9(6-10)8-4-2-3-5-8/h8-9,11H,2-7,10H2,1H3. The van der Waals surface area contributed by atoms with E-state index in [1.165, 1.54) is 25.7 Å². The van der Waals surface area contributed by atoms with Gasteiger partial charge in [-0.25, -0.2) is 0 Å². The maximum atomic E-state index is 5.70. The van der Waals surface area contributed by atoms with Crippen LogP contribution < -0.4 is 11.1 Å². The smallest absolute Gasteiger partial charge is 0.000880 e. The first-order valence-corrected chi connectivity index (χ1v) is 4.73. The summed E-state index contributed by atoms with van der Waals surface area (Å²) < 4.78 is 0. The lowest BCUT2D eigenvalue weighted by molar-refractivity contribution is 0.338. The monoisotopic (exact) mass is 156 g/mol. The Morgan fingerprint density at radius 1 is 1.45 bits per heavy atom. The molecule has 0 amide bonds. The van der Waals surface area contributed by atoms with E-state index in [9.17, 15) is 0 Å². The van der Waals surface area contributed by atoms with Crippen LogP contribution in [0.1, 0.15) is 25.7 Å². The summed E-state index contributed by atoms with van der Waals surface area (Å²) in [6.07, 6.45) is 5.66. The summed E-state index contributed by atoms with van der Waals surface area (Å²) in [6.45, 7) is 1.95. The fraction of sp³-hybridized carbons (Fsp3) is 1.00. The van der Waals surface area contributed by atoms with Gasteiger partial charge in [0, 0.05) is 0 Å². The second-order valence-electron chi connectivity index (χ2n) is 3.60. The largest absolute Gasteiger partial charge is 0.330 e. The Labute approximate surface area is 69.5 Å². The molecule has 1 saturated carbocycles. The van der Waals surface area contributed by atoms with Crippen LogP contribution in [0.5, 0.6) is 0 Å². The SMILES string of the molecule is CNCC(CN)C1CCCC1. The van der Waals surface area contributed by atoms with Crippen molar-refractivity contribution in [3.63, 3.8) is 0 Å². The third-order valence-corrected chi connectivity index (χ3v) is 2.84. The van der Waals surface area contributed by atoms with E-state index in [0.29, 0.717) is 0 Å². The molecule has 66 valence electrons. The van der Waals surface area contributed by atoms with E-state index in [-0.39, 0.29) is 0 Å². The number of hydrogen-bond donors (Lipinski definition) is 2. The van der Waals surface area contributed by atoms with Crippen LogP contribution in [0, 0.1) is 11.8 Å². The molecule has 0 spiro atoms. The van der Waals surface area contributed by atoms with Gasteiger partial charge >= 0.3 is 0 Å². The topological polar surface area (TPSA) is 38.0 Å². The summed E-state index contributed by atoms with van der Waals surface area (Å²) in [7, 11) is 2.01. The zero-order valence-electron chi connectivity index (χ0n) is 7.47. The highest BCUT2D eigenvalue weighted by molar-refractivity contribution is 4.76. The van der Waals surface area contributed by atoms with Gasteiger partial charge in [0.05, 0.1) is 0 Å². The molecule has 2 heteroatoms. The van der Waals surface area contributed by atoms with Crippen molar-refractivity contribution in [2.45, 2.75) is 25.7 Å².